The van der Waals surface area contributed by atoms with E-state index >= 15 is 0 Å². The summed E-state index contributed by atoms with van der Waals surface area (Å²) in [6.07, 6.45) is 4.42. The molecule has 0 bridgehead atoms. The smallest absolute Gasteiger partial charge is 0.258 e. The van der Waals surface area contributed by atoms with Gasteiger partial charge in [-0.25, -0.2) is 0 Å². The molecular weight excluding hydrogens is 394 g/mol. The SMILES string of the molecule is COc1ccc(Cl)cc1C(=O)N1CCC[C@H]1C(=O)N[C@H](C)C(=O)N1CCCCC1. The number of hydrogen-bond acceptors (Lipinski definition) is 4. The number of methoxy groups -OCH3 is 1. The molecule has 0 saturated carbocycles. The summed E-state index contributed by atoms with van der Waals surface area (Å²) < 4.78 is 5.28. The van der Waals surface area contributed by atoms with Crippen molar-refractivity contribution < 1.29 is 19.1 Å². The van der Waals surface area contributed by atoms with Crippen LogP contribution in [0.2, 0.25) is 5.02 Å². The van der Waals surface area contributed by atoms with Crippen molar-refractivity contribution >= 4 is 29.3 Å². The first kappa shape index (κ1) is 21.4. The molecule has 2 aliphatic heterocycles. The number of nitrogens with zero attached hydrogens (tertiary/aromatic N) is 2. The van der Waals surface area contributed by atoms with Crippen molar-refractivity contribution in [3.05, 3.63) is 28.8 Å². The van der Waals surface area contributed by atoms with E-state index in [1.807, 2.05) is 4.90 Å². The molecule has 7 nitrogen and oxygen atoms in total. The van der Waals surface area contributed by atoms with Gasteiger partial charge in [-0.15, -0.1) is 0 Å². The molecule has 0 aliphatic carbocycles. The number of hydrogen-bond donors (Lipinski definition) is 1. The Morgan fingerprint density at radius 1 is 1.14 bits per heavy atom. The van der Waals surface area contributed by atoms with Gasteiger partial charge >= 0.3 is 0 Å². The van der Waals surface area contributed by atoms with Crippen LogP contribution in [0.3, 0.4) is 0 Å². The summed E-state index contributed by atoms with van der Waals surface area (Å²) in [6.45, 7) is 3.65. The van der Waals surface area contributed by atoms with Crippen molar-refractivity contribution in [1.82, 2.24) is 15.1 Å². The Hall–Kier alpha value is -2.28. The second-order valence-electron chi connectivity index (χ2n) is 7.62. The van der Waals surface area contributed by atoms with Crippen LogP contribution in [0.1, 0.15) is 49.4 Å². The molecule has 1 aromatic carbocycles. The number of carbonyl (C=O) groups excluding carboxylic acids is 3. The topological polar surface area (TPSA) is 79.0 Å². The minimum absolute atomic E-state index is 0.0644. The summed E-state index contributed by atoms with van der Waals surface area (Å²) in [6, 6.07) is 3.62. The largest absolute Gasteiger partial charge is 0.496 e. The van der Waals surface area contributed by atoms with E-state index in [0.717, 1.165) is 38.8 Å². The number of rotatable bonds is 5. The van der Waals surface area contributed by atoms with Gasteiger partial charge in [0, 0.05) is 24.7 Å². The van der Waals surface area contributed by atoms with Crippen LogP contribution in [-0.4, -0.2) is 66.3 Å². The molecule has 3 rings (SSSR count). The lowest BCUT2D eigenvalue weighted by molar-refractivity contribution is -0.137. The van der Waals surface area contributed by atoms with Crippen molar-refractivity contribution in [3.63, 3.8) is 0 Å². The van der Waals surface area contributed by atoms with Crippen molar-refractivity contribution in [2.24, 2.45) is 0 Å². The maximum atomic E-state index is 13.1. The number of nitrogens with one attached hydrogen (secondary N) is 1. The molecule has 158 valence electrons. The summed E-state index contributed by atoms with van der Waals surface area (Å²) in [4.78, 5) is 41.9. The van der Waals surface area contributed by atoms with Crippen molar-refractivity contribution in [3.8, 4) is 5.75 Å². The average Bonchev–Trinajstić information content (AvgIpc) is 3.23. The Morgan fingerprint density at radius 3 is 2.55 bits per heavy atom. The Labute approximate surface area is 176 Å². The summed E-state index contributed by atoms with van der Waals surface area (Å²) in [5.74, 6) is -0.240. The first-order chi connectivity index (χ1) is 13.9. The zero-order valence-electron chi connectivity index (χ0n) is 16.9. The second-order valence-corrected chi connectivity index (χ2v) is 8.05. The minimum Gasteiger partial charge on any atom is -0.496 e. The van der Waals surface area contributed by atoms with Gasteiger partial charge in [0.15, 0.2) is 0 Å². The Balaban J connectivity index is 1.68. The highest BCUT2D eigenvalue weighted by Crippen LogP contribution is 2.27. The van der Waals surface area contributed by atoms with E-state index in [-0.39, 0.29) is 17.7 Å². The van der Waals surface area contributed by atoms with E-state index in [2.05, 4.69) is 5.32 Å². The normalized spacial score (nSPS) is 20.3. The monoisotopic (exact) mass is 421 g/mol. The predicted molar refractivity (Wildman–Crippen MR) is 110 cm³/mol. The molecule has 0 spiro atoms. The van der Waals surface area contributed by atoms with Gasteiger partial charge in [-0.3, -0.25) is 14.4 Å². The van der Waals surface area contributed by atoms with Gasteiger partial charge in [-0.1, -0.05) is 11.6 Å². The molecule has 8 heteroatoms. The summed E-state index contributed by atoms with van der Waals surface area (Å²) in [7, 11) is 1.49. The number of likely N-dealkylation sites (tertiary alicyclic amines) is 2. The van der Waals surface area contributed by atoms with Crippen molar-refractivity contribution in [2.45, 2.75) is 51.1 Å². The highest BCUT2D eigenvalue weighted by Gasteiger charge is 2.37. The van der Waals surface area contributed by atoms with Gasteiger partial charge in [0.1, 0.15) is 17.8 Å². The molecular formula is C21H28ClN3O4. The zero-order chi connectivity index (χ0) is 21.0. The first-order valence-electron chi connectivity index (χ1n) is 10.2. The van der Waals surface area contributed by atoms with E-state index in [9.17, 15) is 14.4 Å². The average molecular weight is 422 g/mol. The molecule has 0 aromatic heterocycles. The molecule has 2 saturated heterocycles. The molecule has 0 radical (unpaired) electrons. The van der Waals surface area contributed by atoms with Crippen LogP contribution in [0.5, 0.6) is 5.75 Å². The number of benzene rings is 1. The van der Waals surface area contributed by atoms with Gasteiger partial charge in [-0.05, 0) is 57.2 Å². The third-order valence-corrected chi connectivity index (χ3v) is 5.84. The fourth-order valence-corrected chi connectivity index (χ4v) is 4.22. The van der Waals surface area contributed by atoms with Crippen LogP contribution in [0, 0.1) is 0 Å². The van der Waals surface area contributed by atoms with E-state index in [4.69, 9.17) is 16.3 Å². The lowest BCUT2D eigenvalue weighted by Gasteiger charge is -2.30. The Kier molecular flexibility index (Phi) is 7.00. The highest BCUT2D eigenvalue weighted by atomic mass is 35.5. The molecule has 29 heavy (non-hydrogen) atoms. The lowest BCUT2D eigenvalue weighted by atomic mass is 10.1. The molecule has 1 N–H and O–H groups in total. The molecule has 2 heterocycles. The van der Waals surface area contributed by atoms with Crippen LogP contribution in [-0.2, 0) is 9.59 Å². The van der Waals surface area contributed by atoms with E-state index in [1.54, 1.807) is 30.0 Å². The maximum absolute atomic E-state index is 13.1. The molecule has 1 aromatic rings. The molecule has 0 unspecified atom stereocenters. The van der Waals surface area contributed by atoms with Gasteiger partial charge < -0.3 is 19.9 Å². The first-order valence-corrected chi connectivity index (χ1v) is 10.5. The van der Waals surface area contributed by atoms with Crippen LogP contribution < -0.4 is 10.1 Å². The van der Waals surface area contributed by atoms with E-state index in [0.29, 0.717) is 29.3 Å². The number of ether oxygens (including phenoxy) is 1. The van der Waals surface area contributed by atoms with Crippen LogP contribution in [0.25, 0.3) is 0 Å². The Bertz CT molecular complexity index is 779. The lowest BCUT2D eigenvalue weighted by Crippen LogP contribution is -2.53. The quantitative estimate of drug-likeness (QED) is 0.792. The van der Waals surface area contributed by atoms with E-state index in [1.165, 1.54) is 7.11 Å². The maximum Gasteiger partial charge on any atom is 0.258 e. The predicted octanol–water partition coefficient (Wildman–Crippen LogP) is 2.47. The minimum atomic E-state index is -0.612. The summed E-state index contributed by atoms with van der Waals surface area (Å²) in [5, 5.41) is 3.24. The third kappa shape index (κ3) is 4.83. The number of amides is 3. The highest BCUT2D eigenvalue weighted by molar-refractivity contribution is 6.31. The number of piperidine rings is 1. The van der Waals surface area contributed by atoms with Gasteiger partial charge in [0.25, 0.3) is 5.91 Å². The standard InChI is InChI=1S/C21H28ClN3O4/c1-14(20(27)24-10-4-3-5-11-24)23-19(26)17-7-6-12-25(17)21(28)16-13-15(22)8-9-18(16)29-2/h8-9,13-14,17H,3-7,10-12H2,1-2H3,(H,23,26)/t14-,17+/m1/s1. The fraction of sp³-hybridized carbons (Fsp3) is 0.571. The van der Waals surface area contributed by atoms with Crippen LogP contribution in [0.15, 0.2) is 18.2 Å². The van der Waals surface area contributed by atoms with E-state index < -0.39 is 12.1 Å². The van der Waals surface area contributed by atoms with Gasteiger partial charge in [0.2, 0.25) is 11.8 Å². The van der Waals surface area contributed by atoms with Crippen molar-refractivity contribution in [1.29, 1.82) is 0 Å². The third-order valence-electron chi connectivity index (χ3n) is 5.61. The molecule has 2 aliphatic rings. The summed E-state index contributed by atoms with van der Waals surface area (Å²) >= 11 is 6.05. The van der Waals surface area contributed by atoms with Gasteiger partial charge in [-0.2, -0.15) is 0 Å². The summed E-state index contributed by atoms with van der Waals surface area (Å²) in [5.41, 5.74) is 0.331. The molecule has 2 fully saturated rings. The Morgan fingerprint density at radius 2 is 1.86 bits per heavy atom. The van der Waals surface area contributed by atoms with Crippen LogP contribution in [0.4, 0.5) is 0 Å². The van der Waals surface area contributed by atoms with Crippen molar-refractivity contribution in [2.75, 3.05) is 26.7 Å². The zero-order valence-corrected chi connectivity index (χ0v) is 17.7. The number of carbonyl (C=O) groups is 3. The molecule has 3 amide bonds. The number of halogens is 1. The molecule has 2 atom stereocenters. The van der Waals surface area contributed by atoms with Gasteiger partial charge in [0.05, 0.1) is 12.7 Å². The van der Waals surface area contributed by atoms with Crippen LogP contribution >= 0.6 is 11.6 Å². The second kappa shape index (κ2) is 9.48. The fourth-order valence-electron chi connectivity index (χ4n) is 4.04.